The Morgan fingerprint density at radius 2 is 1.70 bits per heavy atom. The molecule has 0 amide bonds. The van der Waals surface area contributed by atoms with E-state index in [2.05, 4.69) is 5.32 Å². The van der Waals surface area contributed by atoms with Gasteiger partial charge in [-0.15, -0.1) is 0 Å². The summed E-state index contributed by atoms with van der Waals surface area (Å²) in [6.07, 6.45) is 0. The van der Waals surface area contributed by atoms with Gasteiger partial charge in [0.05, 0.1) is 18.2 Å². The summed E-state index contributed by atoms with van der Waals surface area (Å²) in [4.78, 5) is 0. The number of methoxy groups -OCH3 is 1. The second-order valence-electron chi connectivity index (χ2n) is 4.32. The molecule has 0 saturated carbocycles. The van der Waals surface area contributed by atoms with Crippen molar-refractivity contribution < 1.29 is 9.47 Å². The predicted octanol–water partition coefficient (Wildman–Crippen LogP) is 3.69. The second-order valence-corrected chi connectivity index (χ2v) is 4.73. The summed E-state index contributed by atoms with van der Waals surface area (Å²) < 4.78 is 11.2. The zero-order valence-electron chi connectivity index (χ0n) is 11.6. The molecule has 20 heavy (non-hydrogen) atoms. The van der Waals surface area contributed by atoms with Crippen molar-refractivity contribution in [1.29, 1.82) is 0 Å². The molecule has 0 fully saturated rings. The van der Waals surface area contributed by atoms with Crippen LogP contribution in [0.3, 0.4) is 0 Å². The van der Waals surface area contributed by atoms with Gasteiger partial charge in [-0.25, -0.2) is 0 Å². The predicted molar refractivity (Wildman–Crippen MR) is 81.7 cm³/mol. The third-order valence-electron chi connectivity index (χ3n) is 3.10. The molecule has 1 atom stereocenters. The topological polar surface area (TPSA) is 30.5 Å². The molecule has 0 aromatic heterocycles. The van der Waals surface area contributed by atoms with Crippen LogP contribution in [-0.2, 0) is 0 Å². The van der Waals surface area contributed by atoms with Crippen LogP contribution < -0.4 is 14.8 Å². The standard InChI is InChI=1S/C16H18ClNO2/c1-18-14(12-7-3-5-9-15(12)19-2)11-20-16-10-6-4-8-13(16)17/h3-10,14,18H,11H2,1-2H3. The molecule has 1 N–H and O–H groups in total. The highest BCUT2D eigenvalue weighted by Gasteiger charge is 2.15. The lowest BCUT2D eigenvalue weighted by atomic mass is 10.1. The van der Waals surface area contributed by atoms with Gasteiger partial charge in [-0.05, 0) is 25.2 Å². The van der Waals surface area contributed by atoms with E-state index < -0.39 is 0 Å². The van der Waals surface area contributed by atoms with E-state index in [-0.39, 0.29) is 6.04 Å². The number of rotatable bonds is 6. The van der Waals surface area contributed by atoms with Crippen LogP contribution >= 0.6 is 11.6 Å². The number of halogens is 1. The van der Waals surface area contributed by atoms with E-state index >= 15 is 0 Å². The van der Waals surface area contributed by atoms with E-state index in [1.807, 2.05) is 55.6 Å². The van der Waals surface area contributed by atoms with Crippen LogP contribution in [0.25, 0.3) is 0 Å². The largest absolute Gasteiger partial charge is 0.496 e. The lowest BCUT2D eigenvalue weighted by Crippen LogP contribution is -2.23. The Kier molecular flexibility index (Phi) is 5.27. The van der Waals surface area contributed by atoms with Crippen LogP contribution in [0.4, 0.5) is 0 Å². The van der Waals surface area contributed by atoms with Gasteiger partial charge in [0, 0.05) is 5.56 Å². The Bertz CT molecular complexity index is 560. The Balaban J connectivity index is 2.11. The van der Waals surface area contributed by atoms with Gasteiger partial charge in [0.15, 0.2) is 0 Å². The van der Waals surface area contributed by atoms with Gasteiger partial charge in [-0.2, -0.15) is 0 Å². The molecule has 106 valence electrons. The third kappa shape index (κ3) is 3.44. The van der Waals surface area contributed by atoms with Crippen LogP contribution in [-0.4, -0.2) is 20.8 Å². The molecule has 2 rings (SSSR count). The van der Waals surface area contributed by atoms with E-state index in [1.165, 1.54) is 0 Å². The van der Waals surface area contributed by atoms with Gasteiger partial charge in [-0.1, -0.05) is 41.9 Å². The fourth-order valence-corrected chi connectivity index (χ4v) is 2.21. The van der Waals surface area contributed by atoms with Crippen LogP contribution in [0.1, 0.15) is 11.6 Å². The van der Waals surface area contributed by atoms with Crippen molar-refractivity contribution in [3.05, 3.63) is 59.1 Å². The SMILES string of the molecule is CNC(COc1ccccc1Cl)c1ccccc1OC. The van der Waals surface area contributed by atoms with Crippen molar-refractivity contribution >= 4 is 11.6 Å². The molecule has 4 heteroatoms. The molecule has 2 aromatic carbocycles. The van der Waals surface area contributed by atoms with Gasteiger partial charge in [0.1, 0.15) is 18.1 Å². The number of nitrogens with one attached hydrogen (secondary N) is 1. The molecular formula is C16H18ClNO2. The fraction of sp³-hybridized carbons (Fsp3) is 0.250. The average molecular weight is 292 g/mol. The molecule has 1 unspecified atom stereocenters. The van der Waals surface area contributed by atoms with Crippen LogP contribution in [0.2, 0.25) is 5.02 Å². The Morgan fingerprint density at radius 3 is 2.35 bits per heavy atom. The van der Waals surface area contributed by atoms with Gasteiger partial charge in [-0.3, -0.25) is 0 Å². The Morgan fingerprint density at radius 1 is 1.05 bits per heavy atom. The molecule has 0 aliphatic rings. The van der Waals surface area contributed by atoms with Crippen LogP contribution in [0.15, 0.2) is 48.5 Å². The van der Waals surface area contributed by atoms with Crippen LogP contribution in [0.5, 0.6) is 11.5 Å². The monoisotopic (exact) mass is 291 g/mol. The minimum absolute atomic E-state index is 0.0300. The normalized spacial score (nSPS) is 11.9. The first-order chi connectivity index (χ1) is 9.76. The molecule has 0 bridgehead atoms. The summed E-state index contributed by atoms with van der Waals surface area (Å²) in [7, 11) is 3.56. The average Bonchev–Trinajstić information content (AvgIpc) is 2.50. The molecule has 0 aliphatic heterocycles. The van der Waals surface area contributed by atoms with Crippen molar-refractivity contribution in [2.24, 2.45) is 0 Å². The van der Waals surface area contributed by atoms with Crippen molar-refractivity contribution in [2.45, 2.75) is 6.04 Å². The fourth-order valence-electron chi connectivity index (χ4n) is 2.02. The first-order valence-electron chi connectivity index (χ1n) is 6.43. The molecule has 0 spiro atoms. The highest BCUT2D eigenvalue weighted by atomic mass is 35.5. The van der Waals surface area contributed by atoms with Crippen molar-refractivity contribution in [2.75, 3.05) is 20.8 Å². The number of ether oxygens (including phenoxy) is 2. The Labute approximate surface area is 124 Å². The van der Waals surface area contributed by atoms with E-state index in [0.29, 0.717) is 17.4 Å². The zero-order chi connectivity index (χ0) is 14.4. The number of hydrogen-bond donors (Lipinski definition) is 1. The smallest absolute Gasteiger partial charge is 0.137 e. The van der Waals surface area contributed by atoms with E-state index in [4.69, 9.17) is 21.1 Å². The highest BCUT2D eigenvalue weighted by molar-refractivity contribution is 6.32. The second kappa shape index (κ2) is 7.17. The van der Waals surface area contributed by atoms with E-state index in [0.717, 1.165) is 11.3 Å². The summed E-state index contributed by atoms with van der Waals surface area (Å²) in [6.45, 7) is 0.473. The first kappa shape index (κ1) is 14.7. The maximum Gasteiger partial charge on any atom is 0.137 e. The summed E-state index contributed by atoms with van der Waals surface area (Å²) >= 11 is 6.09. The molecular weight excluding hydrogens is 274 g/mol. The van der Waals surface area contributed by atoms with Gasteiger partial charge in [0.25, 0.3) is 0 Å². The minimum Gasteiger partial charge on any atom is -0.496 e. The number of hydrogen-bond acceptors (Lipinski definition) is 3. The molecule has 0 aliphatic carbocycles. The van der Waals surface area contributed by atoms with Gasteiger partial charge < -0.3 is 14.8 Å². The lowest BCUT2D eigenvalue weighted by molar-refractivity contribution is 0.269. The van der Waals surface area contributed by atoms with Crippen molar-refractivity contribution in [1.82, 2.24) is 5.32 Å². The van der Waals surface area contributed by atoms with Crippen molar-refractivity contribution in [3.8, 4) is 11.5 Å². The molecule has 3 nitrogen and oxygen atoms in total. The van der Waals surface area contributed by atoms with Crippen molar-refractivity contribution in [3.63, 3.8) is 0 Å². The van der Waals surface area contributed by atoms with Gasteiger partial charge in [0.2, 0.25) is 0 Å². The first-order valence-corrected chi connectivity index (χ1v) is 6.81. The van der Waals surface area contributed by atoms with E-state index in [1.54, 1.807) is 7.11 Å². The number of likely N-dealkylation sites (N-methyl/N-ethyl adjacent to an activating group) is 1. The molecule has 0 saturated heterocycles. The number of benzene rings is 2. The molecule has 2 aromatic rings. The zero-order valence-corrected chi connectivity index (χ0v) is 12.4. The molecule has 0 heterocycles. The third-order valence-corrected chi connectivity index (χ3v) is 3.42. The number of para-hydroxylation sites is 2. The quantitative estimate of drug-likeness (QED) is 0.880. The lowest BCUT2D eigenvalue weighted by Gasteiger charge is -2.20. The summed E-state index contributed by atoms with van der Waals surface area (Å²) in [5.41, 5.74) is 1.06. The molecule has 0 radical (unpaired) electrons. The highest BCUT2D eigenvalue weighted by Crippen LogP contribution is 2.27. The minimum atomic E-state index is 0.0300. The van der Waals surface area contributed by atoms with E-state index in [9.17, 15) is 0 Å². The maximum absolute atomic E-state index is 6.09. The van der Waals surface area contributed by atoms with Gasteiger partial charge >= 0.3 is 0 Å². The summed E-state index contributed by atoms with van der Waals surface area (Å²) in [5, 5.41) is 3.85. The maximum atomic E-state index is 6.09. The summed E-state index contributed by atoms with van der Waals surface area (Å²) in [5.74, 6) is 1.53. The Hall–Kier alpha value is -1.71. The summed E-state index contributed by atoms with van der Waals surface area (Å²) in [6, 6.07) is 15.4. The van der Waals surface area contributed by atoms with Crippen LogP contribution in [0, 0.1) is 0 Å².